The van der Waals surface area contributed by atoms with Gasteiger partial charge in [0.25, 0.3) is 0 Å². The van der Waals surface area contributed by atoms with Crippen molar-refractivity contribution in [1.29, 1.82) is 0 Å². The van der Waals surface area contributed by atoms with Crippen LogP contribution in [-0.4, -0.2) is 43.6 Å². The van der Waals surface area contributed by atoms with Crippen LogP contribution in [0.2, 0.25) is 0 Å². The number of nitrogens with one attached hydrogen (secondary N) is 1. The molecule has 2 heterocycles. The summed E-state index contributed by atoms with van der Waals surface area (Å²) in [5.74, 6) is 1.16. The number of carbonyl (C=O) groups excluding carboxylic acids is 1. The minimum Gasteiger partial charge on any atom is -0.493 e. The summed E-state index contributed by atoms with van der Waals surface area (Å²) in [6.07, 6.45) is 4.61. The Morgan fingerprint density at radius 3 is 2.73 bits per heavy atom. The van der Waals surface area contributed by atoms with Crippen LogP contribution in [0.4, 0.5) is 0 Å². The van der Waals surface area contributed by atoms with Gasteiger partial charge in [0.2, 0.25) is 5.91 Å². The number of amides is 1. The second kappa shape index (κ2) is 7.75. The Hall–Kier alpha value is -2.59. The number of rotatable bonds is 4. The highest BCUT2D eigenvalue weighted by Gasteiger charge is 2.23. The molecule has 1 amide bonds. The number of hydrogen-bond donors (Lipinski definition) is 1. The Balaban J connectivity index is 1.28. The summed E-state index contributed by atoms with van der Waals surface area (Å²) in [5.41, 5.74) is 3.76. The van der Waals surface area contributed by atoms with E-state index in [1.54, 1.807) is 11.0 Å². The number of quaternary nitrogens is 1. The second-order valence-electron chi connectivity index (χ2n) is 7.04. The third kappa shape index (κ3) is 3.97. The Morgan fingerprint density at radius 1 is 1.12 bits per heavy atom. The van der Waals surface area contributed by atoms with Gasteiger partial charge in [-0.3, -0.25) is 4.79 Å². The quantitative estimate of drug-likeness (QED) is 0.850. The average molecular weight is 349 g/mol. The third-order valence-corrected chi connectivity index (χ3v) is 5.21. The van der Waals surface area contributed by atoms with E-state index in [-0.39, 0.29) is 5.91 Å². The van der Waals surface area contributed by atoms with Crippen LogP contribution < -0.4 is 9.64 Å². The van der Waals surface area contributed by atoms with Crippen molar-refractivity contribution < 1.29 is 14.4 Å². The van der Waals surface area contributed by atoms with Crippen LogP contribution in [0.25, 0.3) is 6.08 Å². The molecule has 0 aliphatic carbocycles. The van der Waals surface area contributed by atoms with Gasteiger partial charge in [0, 0.05) is 18.1 Å². The Kier molecular flexibility index (Phi) is 5.02. The summed E-state index contributed by atoms with van der Waals surface area (Å²) < 4.78 is 5.58. The van der Waals surface area contributed by atoms with Crippen LogP contribution >= 0.6 is 0 Å². The first-order chi connectivity index (χ1) is 12.8. The van der Waals surface area contributed by atoms with E-state index in [4.69, 9.17) is 4.74 Å². The maximum atomic E-state index is 12.4. The van der Waals surface area contributed by atoms with E-state index in [1.165, 1.54) is 11.1 Å². The van der Waals surface area contributed by atoms with E-state index in [0.717, 1.165) is 57.1 Å². The smallest absolute Gasteiger partial charge is 0.246 e. The molecule has 4 rings (SSSR count). The fourth-order valence-electron chi connectivity index (χ4n) is 3.70. The van der Waals surface area contributed by atoms with Crippen molar-refractivity contribution in [2.75, 3.05) is 32.8 Å². The molecular formula is C22H25N2O2+. The zero-order valence-corrected chi connectivity index (χ0v) is 15.0. The van der Waals surface area contributed by atoms with Crippen LogP contribution in [0, 0.1) is 0 Å². The van der Waals surface area contributed by atoms with Gasteiger partial charge in [0.15, 0.2) is 0 Å². The number of carbonyl (C=O) groups is 1. The van der Waals surface area contributed by atoms with Gasteiger partial charge in [0.1, 0.15) is 12.3 Å². The Bertz CT molecular complexity index is 793. The number of ether oxygens (including phenoxy) is 1. The molecule has 134 valence electrons. The maximum absolute atomic E-state index is 12.4. The largest absolute Gasteiger partial charge is 0.493 e. The second-order valence-corrected chi connectivity index (χ2v) is 7.04. The van der Waals surface area contributed by atoms with Gasteiger partial charge in [-0.15, -0.1) is 0 Å². The zero-order chi connectivity index (χ0) is 17.8. The molecule has 0 atom stereocenters. The standard InChI is InChI=1S/C22H24N2O2/c25-22(9-7-18-4-2-1-3-5-18)24-13-11-23(12-14-24)17-19-6-8-21-20(16-19)10-15-26-21/h1-9,16H,10-15,17H2/p+1/b9-7+. The first-order valence-electron chi connectivity index (χ1n) is 9.38. The summed E-state index contributed by atoms with van der Waals surface area (Å²) in [5, 5.41) is 0. The summed E-state index contributed by atoms with van der Waals surface area (Å²) in [6.45, 7) is 5.47. The number of nitrogens with zero attached hydrogens (tertiary/aromatic N) is 1. The van der Waals surface area contributed by atoms with Crippen molar-refractivity contribution in [1.82, 2.24) is 4.90 Å². The van der Waals surface area contributed by atoms with Crippen molar-refractivity contribution in [3.05, 3.63) is 71.3 Å². The molecular weight excluding hydrogens is 324 g/mol. The lowest BCUT2D eigenvalue weighted by atomic mass is 10.1. The molecule has 1 saturated heterocycles. The lowest BCUT2D eigenvalue weighted by Crippen LogP contribution is -3.13. The van der Waals surface area contributed by atoms with Gasteiger partial charge in [-0.1, -0.05) is 30.3 Å². The minimum absolute atomic E-state index is 0.114. The van der Waals surface area contributed by atoms with Gasteiger partial charge in [-0.25, -0.2) is 0 Å². The summed E-state index contributed by atoms with van der Waals surface area (Å²) in [7, 11) is 0. The molecule has 4 nitrogen and oxygen atoms in total. The summed E-state index contributed by atoms with van der Waals surface area (Å²) in [4.78, 5) is 15.9. The number of piperazine rings is 1. The van der Waals surface area contributed by atoms with Crippen LogP contribution in [0.15, 0.2) is 54.6 Å². The lowest BCUT2D eigenvalue weighted by molar-refractivity contribution is -0.917. The number of hydrogen-bond acceptors (Lipinski definition) is 2. The molecule has 0 aromatic heterocycles. The van der Waals surface area contributed by atoms with Crippen molar-refractivity contribution in [2.24, 2.45) is 0 Å². The monoisotopic (exact) mass is 349 g/mol. The topological polar surface area (TPSA) is 34.0 Å². The molecule has 0 spiro atoms. The van der Waals surface area contributed by atoms with E-state index in [2.05, 4.69) is 18.2 Å². The van der Waals surface area contributed by atoms with Gasteiger partial charge in [0.05, 0.1) is 32.8 Å². The zero-order valence-electron chi connectivity index (χ0n) is 15.0. The highest BCUT2D eigenvalue weighted by Crippen LogP contribution is 2.25. The van der Waals surface area contributed by atoms with Crippen molar-refractivity contribution in [3.63, 3.8) is 0 Å². The fraction of sp³-hybridized carbons (Fsp3) is 0.318. The van der Waals surface area contributed by atoms with Crippen LogP contribution in [0.5, 0.6) is 5.75 Å². The van der Waals surface area contributed by atoms with E-state index in [1.807, 2.05) is 41.3 Å². The molecule has 2 aliphatic rings. The van der Waals surface area contributed by atoms with E-state index < -0.39 is 0 Å². The average Bonchev–Trinajstić information content (AvgIpc) is 3.15. The third-order valence-electron chi connectivity index (χ3n) is 5.21. The molecule has 1 N–H and O–H groups in total. The molecule has 0 unspecified atom stereocenters. The Morgan fingerprint density at radius 2 is 1.92 bits per heavy atom. The molecule has 4 heteroatoms. The molecule has 0 bridgehead atoms. The van der Waals surface area contributed by atoms with Gasteiger partial charge in [-0.05, 0) is 35.4 Å². The van der Waals surface area contributed by atoms with Crippen molar-refractivity contribution in [2.45, 2.75) is 13.0 Å². The van der Waals surface area contributed by atoms with Crippen molar-refractivity contribution in [3.8, 4) is 5.75 Å². The Labute approximate surface area is 154 Å². The van der Waals surface area contributed by atoms with Crippen LogP contribution in [0.1, 0.15) is 16.7 Å². The fourth-order valence-corrected chi connectivity index (χ4v) is 3.70. The SMILES string of the molecule is O=C(/C=C/c1ccccc1)N1CC[NH+](Cc2ccc3c(c2)CCO3)CC1. The highest BCUT2D eigenvalue weighted by molar-refractivity contribution is 5.91. The first-order valence-corrected chi connectivity index (χ1v) is 9.38. The molecule has 1 fully saturated rings. The van der Waals surface area contributed by atoms with Gasteiger partial charge >= 0.3 is 0 Å². The summed E-state index contributed by atoms with van der Waals surface area (Å²) in [6, 6.07) is 16.5. The molecule has 0 radical (unpaired) electrons. The minimum atomic E-state index is 0.114. The highest BCUT2D eigenvalue weighted by atomic mass is 16.5. The van der Waals surface area contributed by atoms with Crippen LogP contribution in [0.3, 0.4) is 0 Å². The van der Waals surface area contributed by atoms with Crippen molar-refractivity contribution >= 4 is 12.0 Å². The maximum Gasteiger partial charge on any atom is 0.246 e. The lowest BCUT2D eigenvalue weighted by Gasteiger charge is -2.31. The first kappa shape index (κ1) is 16.9. The molecule has 2 aromatic rings. The van der Waals surface area contributed by atoms with Gasteiger partial charge < -0.3 is 14.5 Å². The molecule has 26 heavy (non-hydrogen) atoms. The molecule has 0 saturated carbocycles. The van der Waals surface area contributed by atoms with E-state index in [9.17, 15) is 4.79 Å². The summed E-state index contributed by atoms with van der Waals surface area (Å²) >= 11 is 0. The predicted octanol–water partition coefficient (Wildman–Crippen LogP) is 1.56. The van der Waals surface area contributed by atoms with Crippen LogP contribution in [-0.2, 0) is 17.8 Å². The normalized spacial score (nSPS) is 17.3. The van der Waals surface area contributed by atoms with E-state index in [0.29, 0.717) is 0 Å². The van der Waals surface area contributed by atoms with Gasteiger partial charge in [-0.2, -0.15) is 0 Å². The molecule has 2 aromatic carbocycles. The number of fused-ring (bicyclic) bond motifs is 1. The molecule has 2 aliphatic heterocycles. The van der Waals surface area contributed by atoms with E-state index >= 15 is 0 Å². The number of benzene rings is 2. The predicted molar refractivity (Wildman–Crippen MR) is 102 cm³/mol.